The molecule has 20 heavy (non-hydrogen) atoms. The fourth-order valence-corrected chi connectivity index (χ4v) is 2.41. The largest absolute Gasteiger partial charge is 0.393 e. The van der Waals surface area contributed by atoms with Crippen LogP contribution < -0.4 is 5.73 Å². The molecule has 0 aromatic carbocycles. The van der Waals surface area contributed by atoms with Crippen LogP contribution in [0.25, 0.3) is 0 Å². The predicted octanol–water partition coefficient (Wildman–Crippen LogP) is 0.463. The number of rotatable bonds is 4. The molecule has 2 atom stereocenters. The second kappa shape index (κ2) is 5.39. The number of halogens is 3. The summed E-state index contributed by atoms with van der Waals surface area (Å²) in [5.41, 5.74) is 5.06. The molecule has 0 unspecified atom stereocenters. The number of hydrogen-bond donors (Lipinski definition) is 2. The van der Waals surface area contributed by atoms with Gasteiger partial charge in [0.15, 0.2) is 0 Å². The maximum absolute atomic E-state index is 12.9. The minimum absolute atomic E-state index is 0.0122. The number of H-pyrrole nitrogens is 1. The molecule has 1 aromatic rings. The molecule has 3 N–H and O–H groups in total. The van der Waals surface area contributed by atoms with Gasteiger partial charge in [-0.3, -0.25) is 14.8 Å². The van der Waals surface area contributed by atoms with E-state index >= 15 is 0 Å². The van der Waals surface area contributed by atoms with E-state index in [1.807, 2.05) is 6.92 Å². The number of likely N-dealkylation sites (tertiary alicyclic amines) is 1. The van der Waals surface area contributed by atoms with Crippen molar-refractivity contribution in [3.63, 3.8) is 0 Å². The van der Waals surface area contributed by atoms with E-state index < -0.39 is 23.9 Å². The van der Waals surface area contributed by atoms with Crippen LogP contribution in [0.5, 0.6) is 0 Å². The SMILES string of the molecule is CCc1n[nH]c(CN2C[C@@H](C(F)(F)F)[C@H](C(N)=O)C2)n1. The van der Waals surface area contributed by atoms with E-state index in [0.717, 1.165) is 0 Å². The molecular weight excluding hydrogens is 275 g/mol. The molecular formula is C11H16F3N5O. The molecule has 1 saturated heterocycles. The van der Waals surface area contributed by atoms with Crippen LogP contribution in [0.4, 0.5) is 13.2 Å². The van der Waals surface area contributed by atoms with Crippen molar-refractivity contribution in [1.82, 2.24) is 20.1 Å². The summed E-state index contributed by atoms with van der Waals surface area (Å²) in [4.78, 5) is 16.8. The van der Waals surface area contributed by atoms with Gasteiger partial charge in [0.1, 0.15) is 11.6 Å². The third-order valence-corrected chi connectivity index (χ3v) is 3.45. The molecule has 1 aromatic heterocycles. The van der Waals surface area contributed by atoms with Gasteiger partial charge in [-0.1, -0.05) is 6.92 Å². The van der Waals surface area contributed by atoms with Gasteiger partial charge >= 0.3 is 6.18 Å². The number of nitrogens with two attached hydrogens (primary N) is 1. The van der Waals surface area contributed by atoms with E-state index in [1.54, 1.807) is 0 Å². The summed E-state index contributed by atoms with van der Waals surface area (Å²) in [6.07, 6.45) is -3.78. The zero-order valence-corrected chi connectivity index (χ0v) is 10.9. The number of aromatic nitrogens is 3. The average Bonchev–Trinajstić information content (AvgIpc) is 2.95. The number of primary amides is 1. The highest BCUT2D eigenvalue weighted by Crippen LogP contribution is 2.37. The standard InChI is InChI=1S/C11H16F3N5O/c1-2-8-16-9(18-17-8)5-19-3-6(10(15)20)7(4-19)11(12,13)14/h6-7H,2-5H2,1H3,(H2,15,20)(H,16,17,18)/t6-,7-/m1/s1. The fourth-order valence-electron chi connectivity index (χ4n) is 2.41. The Kier molecular flexibility index (Phi) is 3.98. The molecule has 1 amide bonds. The quantitative estimate of drug-likeness (QED) is 0.843. The third-order valence-electron chi connectivity index (χ3n) is 3.45. The van der Waals surface area contributed by atoms with Crippen LogP contribution in [0, 0.1) is 11.8 Å². The van der Waals surface area contributed by atoms with Crippen LogP contribution in [0.2, 0.25) is 0 Å². The summed E-state index contributed by atoms with van der Waals surface area (Å²) >= 11 is 0. The molecule has 1 aliphatic rings. The molecule has 0 saturated carbocycles. The lowest BCUT2D eigenvalue weighted by molar-refractivity contribution is -0.182. The summed E-state index contributed by atoms with van der Waals surface area (Å²) < 4.78 is 38.6. The van der Waals surface area contributed by atoms with Gasteiger partial charge in [0.25, 0.3) is 0 Å². The summed E-state index contributed by atoms with van der Waals surface area (Å²) in [5, 5.41) is 6.60. The Morgan fingerprint density at radius 1 is 1.50 bits per heavy atom. The van der Waals surface area contributed by atoms with E-state index in [-0.39, 0.29) is 19.6 Å². The van der Waals surface area contributed by atoms with Gasteiger partial charge in [-0.25, -0.2) is 4.98 Å². The maximum Gasteiger partial charge on any atom is 0.393 e. The monoisotopic (exact) mass is 291 g/mol. The normalized spacial score (nSPS) is 24.2. The highest BCUT2D eigenvalue weighted by atomic mass is 19.4. The Morgan fingerprint density at radius 2 is 2.20 bits per heavy atom. The van der Waals surface area contributed by atoms with Crippen molar-refractivity contribution in [3.05, 3.63) is 11.6 Å². The number of aromatic amines is 1. The highest BCUT2D eigenvalue weighted by Gasteiger charge is 2.51. The lowest BCUT2D eigenvalue weighted by Gasteiger charge is -2.18. The Bertz CT molecular complexity index is 487. The van der Waals surface area contributed by atoms with E-state index in [0.29, 0.717) is 18.1 Å². The zero-order chi connectivity index (χ0) is 14.9. The number of hydrogen-bond acceptors (Lipinski definition) is 4. The molecule has 0 radical (unpaired) electrons. The van der Waals surface area contributed by atoms with Crippen LogP contribution in [0.1, 0.15) is 18.6 Å². The average molecular weight is 291 g/mol. The molecule has 0 aliphatic carbocycles. The number of alkyl halides is 3. The van der Waals surface area contributed by atoms with Crippen molar-refractivity contribution < 1.29 is 18.0 Å². The molecule has 112 valence electrons. The fraction of sp³-hybridized carbons (Fsp3) is 0.727. The molecule has 9 heteroatoms. The molecule has 6 nitrogen and oxygen atoms in total. The van der Waals surface area contributed by atoms with E-state index in [9.17, 15) is 18.0 Å². The smallest absolute Gasteiger partial charge is 0.369 e. The molecule has 1 aliphatic heterocycles. The Hall–Kier alpha value is -1.64. The number of nitrogens with zero attached hydrogens (tertiary/aromatic N) is 3. The lowest BCUT2D eigenvalue weighted by Crippen LogP contribution is -2.37. The van der Waals surface area contributed by atoms with Crippen molar-refractivity contribution in [2.75, 3.05) is 13.1 Å². The maximum atomic E-state index is 12.9. The van der Waals surface area contributed by atoms with Crippen molar-refractivity contribution in [2.24, 2.45) is 17.6 Å². The first kappa shape index (κ1) is 14.8. The van der Waals surface area contributed by atoms with E-state index in [2.05, 4.69) is 15.2 Å². The topological polar surface area (TPSA) is 87.9 Å². The van der Waals surface area contributed by atoms with Gasteiger partial charge in [0.2, 0.25) is 5.91 Å². The minimum Gasteiger partial charge on any atom is -0.369 e. The number of amides is 1. The van der Waals surface area contributed by atoms with Crippen LogP contribution in [0.15, 0.2) is 0 Å². The van der Waals surface area contributed by atoms with Crippen molar-refractivity contribution >= 4 is 5.91 Å². The first-order valence-corrected chi connectivity index (χ1v) is 6.29. The second-order valence-corrected chi connectivity index (χ2v) is 4.90. The van der Waals surface area contributed by atoms with Gasteiger partial charge in [0.05, 0.1) is 18.4 Å². The van der Waals surface area contributed by atoms with Crippen molar-refractivity contribution in [1.29, 1.82) is 0 Å². The van der Waals surface area contributed by atoms with Gasteiger partial charge < -0.3 is 5.73 Å². The molecule has 2 heterocycles. The number of carbonyl (C=O) groups is 1. The Balaban J connectivity index is 2.06. The summed E-state index contributed by atoms with van der Waals surface area (Å²) in [6, 6.07) is 0. The molecule has 0 bridgehead atoms. The van der Waals surface area contributed by atoms with E-state index in [4.69, 9.17) is 5.73 Å². The van der Waals surface area contributed by atoms with Crippen molar-refractivity contribution in [2.45, 2.75) is 26.1 Å². The third kappa shape index (κ3) is 3.09. The first-order valence-electron chi connectivity index (χ1n) is 6.29. The summed E-state index contributed by atoms with van der Waals surface area (Å²) in [7, 11) is 0. The highest BCUT2D eigenvalue weighted by molar-refractivity contribution is 5.77. The molecule has 1 fully saturated rings. The second-order valence-electron chi connectivity index (χ2n) is 4.90. The molecule has 2 rings (SSSR count). The lowest BCUT2D eigenvalue weighted by atomic mass is 9.95. The predicted molar refractivity (Wildman–Crippen MR) is 63.3 cm³/mol. The van der Waals surface area contributed by atoms with Crippen molar-refractivity contribution in [3.8, 4) is 0 Å². The van der Waals surface area contributed by atoms with Crippen LogP contribution in [-0.2, 0) is 17.8 Å². The number of carbonyl (C=O) groups excluding carboxylic acids is 1. The van der Waals surface area contributed by atoms with Crippen LogP contribution in [0.3, 0.4) is 0 Å². The summed E-state index contributed by atoms with van der Waals surface area (Å²) in [6.45, 7) is 1.82. The van der Waals surface area contributed by atoms with Gasteiger partial charge in [-0.05, 0) is 0 Å². The number of aryl methyl sites for hydroxylation is 1. The van der Waals surface area contributed by atoms with Crippen LogP contribution in [-0.4, -0.2) is 45.3 Å². The van der Waals surface area contributed by atoms with Gasteiger partial charge in [0, 0.05) is 19.5 Å². The van der Waals surface area contributed by atoms with Gasteiger partial charge in [-0.15, -0.1) is 0 Å². The minimum atomic E-state index is -4.43. The Labute approximate surface area is 113 Å². The van der Waals surface area contributed by atoms with E-state index in [1.165, 1.54) is 4.90 Å². The molecule has 0 spiro atoms. The first-order chi connectivity index (χ1) is 9.31. The van der Waals surface area contributed by atoms with Gasteiger partial charge in [-0.2, -0.15) is 18.3 Å². The zero-order valence-electron chi connectivity index (χ0n) is 10.9. The summed E-state index contributed by atoms with van der Waals surface area (Å²) in [5.74, 6) is -2.73. The Morgan fingerprint density at radius 3 is 2.65 bits per heavy atom. The van der Waals surface area contributed by atoms with Crippen LogP contribution >= 0.6 is 0 Å². The number of nitrogens with one attached hydrogen (secondary N) is 1.